The summed E-state index contributed by atoms with van der Waals surface area (Å²) in [4.78, 5) is 7.53. The molecule has 3 rings (SSSR count). The Kier molecular flexibility index (Phi) is 2.65. The fourth-order valence-corrected chi connectivity index (χ4v) is 2.25. The van der Waals surface area contributed by atoms with Crippen LogP contribution in [0.15, 0.2) is 30.5 Å². The van der Waals surface area contributed by atoms with Crippen molar-refractivity contribution in [1.29, 1.82) is 0 Å². The third-order valence-electron chi connectivity index (χ3n) is 3.15. The predicted molar refractivity (Wildman–Crippen MR) is 64.0 cm³/mol. The van der Waals surface area contributed by atoms with Crippen LogP contribution in [0.1, 0.15) is 24.7 Å². The number of nitrogens with zero attached hydrogens (tertiary/aromatic N) is 1. The largest absolute Gasteiger partial charge is 0.341 e. The lowest BCUT2D eigenvalue weighted by Crippen LogP contribution is -2.14. The summed E-state index contributed by atoms with van der Waals surface area (Å²) in [7, 11) is 0. The van der Waals surface area contributed by atoms with Crippen LogP contribution >= 0.6 is 0 Å². The molecular weight excluding hydrogens is 217 g/mol. The first-order valence-corrected chi connectivity index (χ1v) is 5.88. The molecule has 1 saturated heterocycles. The maximum Gasteiger partial charge on any atom is 0.132 e. The summed E-state index contributed by atoms with van der Waals surface area (Å²) in [6.07, 6.45) is 3.96. The lowest BCUT2D eigenvalue weighted by molar-refractivity contribution is 0.612. The number of benzene rings is 1. The van der Waals surface area contributed by atoms with Crippen LogP contribution in [-0.4, -0.2) is 16.5 Å². The van der Waals surface area contributed by atoms with Gasteiger partial charge in [-0.15, -0.1) is 0 Å². The van der Waals surface area contributed by atoms with Crippen molar-refractivity contribution in [2.24, 2.45) is 0 Å². The molecule has 2 aromatic rings. The van der Waals surface area contributed by atoms with Gasteiger partial charge in [0, 0.05) is 5.56 Å². The molecule has 3 nitrogen and oxygen atoms in total. The van der Waals surface area contributed by atoms with E-state index in [1.54, 1.807) is 18.3 Å². The molecule has 2 heterocycles. The van der Waals surface area contributed by atoms with Gasteiger partial charge in [-0.25, -0.2) is 9.37 Å². The van der Waals surface area contributed by atoms with Crippen molar-refractivity contribution in [3.63, 3.8) is 0 Å². The predicted octanol–water partition coefficient (Wildman–Crippen LogP) is 2.64. The highest BCUT2D eigenvalue weighted by Crippen LogP contribution is 2.25. The van der Waals surface area contributed by atoms with E-state index in [0.717, 1.165) is 24.5 Å². The molecule has 0 amide bonds. The van der Waals surface area contributed by atoms with Crippen molar-refractivity contribution in [3.05, 3.63) is 42.1 Å². The van der Waals surface area contributed by atoms with Gasteiger partial charge in [0.25, 0.3) is 0 Å². The molecule has 1 aromatic heterocycles. The van der Waals surface area contributed by atoms with Gasteiger partial charge in [-0.1, -0.05) is 12.1 Å². The number of aromatic nitrogens is 2. The Bertz CT molecular complexity index is 515. The van der Waals surface area contributed by atoms with E-state index in [2.05, 4.69) is 15.3 Å². The molecule has 17 heavy (non-hydrogen) atoms. The SMILES string of the molecule is Fc1ccccc1-c1cnc([C@H]2CCCN2)[nH]1. The zero-order valence-electron chi connectivity index (χ0n) is 9.41. The number of hydrogen-bond donors (Lipinski definition) is 2. The topological polar surface area (TPSA) is 40.7 Å². The Labute approximate surface area is 99.1 Å². The lowest BCUT2D eigenvalue weighted by Gasteiger charge is -2.05. The highest BCUT2D eigenvalue weighted by atomic mass is 19.1. The maximum atomic E-state index is 13.6. The lowest BCUT2D eigenvalue weighted by atomic mass is 10.1. The van der Waals surface area contributed by atoms with Crippen molar-refractivity contribution in [2.45, 2.75) is 18.9 Å². The summed E-state index contributed by atoms with van der Waals surface area (Å²) in [6, 6.07) is 7.02. The second kappa shape index (κ2) is 4.30. The molecule has 0 aliphatic carbocycles. The van der Waals surface area contributed by atoms with Gasteiger partial charge in [-0.2, -0.15) is 0 Å². The van der Waals surface area contributed by atoms with Crippen molar-refractivity contribution in [3.8, 4) is 11.3 Å². The van der Waals surface area contributed by atoms with E-state index in [1.807, 2.05) is 6.07 Å². The van der Waals surface area contributed by atoms with Crippen molar-refractivity contribution in [2.75, 3.05) is 6.54 Å². The second-order valence-corrected chi connectivity index (χ2v) is 4.31. The second-order valence-electron chi connectivity index (χ2n) is 4.31. The van der Waals surface area contributed by atoms with Crippen LogP contribution in [0.25, 0.3) is 11.3 Å². The third kappa shape index (κ3) is 1.96. The van der Waals surface area contributed by atoms with Crippen LogP contribution in [0.2, 0.25) is 0 Å². The van der Waals surface area contributed by atoms with Crippen molar-refractivity contribution >= 4 is 0 Å². The van der Waals surface area contributed by atoms with Gasteiger partial charge in [0.2, 0.25) is 0 Å². The number of aromatic amines is 1. The summed E-state index contributed by atoms with van der Waals surface area (Å²) >= 11 is 0. The molecule has 1 fully saturated rings. The van der Waals surface area contributed by atoms with Crippen molar-refractivity contribution in [1.82, 2.24) is 15.3 Å². The van der Waals surface area contributed by atoms with Crippen LogP contribution in [0.4, 0.5) is 4.39 Å². The van der Waals surface area contributed by atoms with Crippen molar-refractivity contribution < 1.29 is 4.39 Å². The molecule has 88 valence electrons. The average molecular weight is 231 g/mol. The molecule has 1 aliphatic heterocycles. The first kappa shape index (κ1) is 10.5. The minimum absolute atomic E-state index is 0.220. The summed E-state index contributed by atoms with van der Waals surface area (Å²) in [5.41, 5.74) is 1.32. The Morgan fingerprint density at radius 1 is 1.29 bits per heavy atom. The molecule has 0 unspecified atom stereocenters. The quantitative estimate of drug-likeness (QED) is 0.834. The molecule has 1 atom stereocenters. The minimum Gasteiger partial charge on any atom is -0.341 e. The van der Waals surface area contributed by atoms with Crippen LogP contribution in [0.3, 0.4) is 0 Å². The monoisotopic (exact) mass is 231 g/mol. The zero-order valence-corrected chi connectivity index (χ0v) is 9.41. The fourth-order valence-electron chi connectivity index (χ4n) is 2.25. The first-order valence-electron chi connectivity index (χ1n) is 5.88. The third-order valence-corrected chi connectivity index (χ3v) is 3.15. The fraction of sp³-hybridized carbons (Fsp3) is 0.308. The zero-order chi connectivity index (χ0) is 11.7. The normalized spacial score (nSPS) is 19.7. The van der Waals surface area contributed by atoms with E-state index >= 15 is 0 Å². The van der Waals surface area contributed by atoms with Gasteiger partial charge in [0.15, 0.2) is 0 Å². The van der Waals surface area contributed by atoms with Gasteiger partial charge < -0.3 is 10.3 Å². The van der Waals surface area contributed by atoms with Gasteiger partial charge >= 0.3 is 0 Å². The van der Waals surface area contributed by atoms with Crippen LogP contribution in [0.5, 0.6) is 0 Å². The number of rotatable bonds is 2. The molecule has 1 aromatic carbocycles. The minimum atomic E-state index is -0.220. The summed E-state index contributed by atoms with van der Waals surface area (Å²) < 4.78 is 13.6. The van der Waals surface area contributed by atoms with E-state index in [0.29, 0.717) is 5.56 Å². The van der Waals surface area contributed by atoms with Crippen LogP contribution < -0.4 is 5.32 Å². The number of halogens is 1. The summed E-state index contributed by atoms with van der Waals surface area (Å²) in [5, 5.41) is 3.36. The van der Waals surface area contributed by atoms with Crippen LogP contribution in [-0.2, 0) is 0 Å². The molecular formula is C13H14FN3. The Morgan fingerprint density at radius 2 is 2.18 bits per heavy atom. The molecule has 1 aliphatic rings. The highest BCUT2D eigenvalue weighted by Gasteiger charge is 2.19. The van der Waals surface area contributed by atoms with Gasteiger partial charge in [0.1, 0.15) is 11.6 Å². The Hall–Kier alpha value is -1.68. The molecule has 2 N–H and O–H groups in total. The summed E-state index contributed by atoms with van der Waals surface area (Å²) in [5.74, 6) is 0.683. The van der Waals surface area contributed by atoms with Gasteiger partial charge in [-0.3, -0.25) is 0 Å². The standard InChI is InChI=1S/C13H14FN3/c14-10-5-2-1-4-9(10)12-8-16-13(17-12)11-6-3-7-15-11/h1-2,4-5,8,11,15H,3,6-7H2,(H,16,17)/t11-/m1/s1. The van der Waals surface area contributed by atoms with E-state index in [4.69, 9.17) is 0 Å². The molecule has 0 bridgehead atoms. The van der Waals surface area contributed by atoms with Gasteiger partial charge in [-0.05, 0) is 31.5 Å². The first-order chi connectivity index (χ1) is 8.34. The maximum absolute atomic E-state index is 13.6. The summed E-state index contributed by atoms with van der Waals surface area (Å²) in [6.45, 7) is 1.03. The Morgan fingerprint density at radius 3 is 2.94 bits per heavy atom. The number of nitrogens with one attached hydrogen (secondary N) is 2. The van der Waals surface area contributed by atoms with E-state index in [1.165, 1.54) is 12.5 Å². The molecule has 0 spiro atoms. The van der Waals surface area contributed by atoms with Gasteiger partial charge in [0.05, 0.1) is 17.9 Å². The number of imidazole rings is 1. The number of H-pyrrole nitrogens is 1. The molecule has 0 radical (unpaired) electrons. The average Bonchev–Trinajstić information content (AvgIpc) is 3.00. The molecule has 0 saturated carbocycles. The Balaban J connectivity index is 1.92. The van der Waals surface area contributed by atoms with E-state index < -0.39 is 0 Å². The molecule has 4 heteroatoms. The van der Waals surface area contributed by atoms with E-state index in [9.17, 15) is 4.39 Å². The van der Waals surface area contributed by atoms with E-state index in [-0.39, 0.29) is 11.9 Å². The highest BCUT2D eigenvalue weighted by molar-refractivity contribution is 5.59. The number of hydrogen-bond acceptors (Lipinski definition) is 2. The smallest absolute Gasteiger partial charge is 0.132 e. The van der Waals surface area contributed by atoms with Crippen LogP contribution in [0, 0.1) is 5.82 Å².